The fourth-order valence-corrected chi connectivity index (χ4v) is 3.12. The lowest BCUT2D eigenvalue weighted by molar-refractivity contribution is 0.151. The molecule has 1 saturated carbocycles. The molecule has 1 aromatic rings. The Balaban J connectivity index is 2.24. The zero-order valence-corrected chi connectivity index (χ0v) is 14.2. The molecule has 2 N–H and O–H groups in total. The van der Waals surface area contributed by atoms with E-state index >= 15 is 0 Å². The van der Waals surface area contributed by atoms with Gasteiger partial charge in [-0.1, -0.05) is 50.6 Å². The average molecular weight is 288 g/mol. The van der Waals surface area contributed by atoms with E-state index in [-0.39, 0.29) is 6.04 Å². The zero-order valence-electron chi connectivity index (χ0n) is 14.2. The Labute approximate surface area is 130 Å². The molecule has 0 spiro atoms. The molecular weight excluding hydrogens is 256 g/mol. The van der Waals surface area contributed by atoms with Crippen molar-refractivity contribution in [1.29, 1.82) is 0 Å². The van der Waals surface area contributed by atoms with Crippen LogP contribution < -0.4 is 5.73 Å². The van der Waals surface area contributed by atoms with Crippen LogP contribution in [0.2, 0.25) is 0 Å². The SMILES string of the molecule is CCC(N)C(c1cccc(C)c1)N(CCC(C)C)C1CC1. The standard InChI is InChI=1S/C19H32N2/c1-5-18(20)19(16-8-6-7-15(4)13-16)21(17-9-10-17)12-11-14(2)3/h6-8,13-14,17-19H,5,9-12,20H2,1-4H3. The van der Waals surface area contributed by atoms with E-state index in [1.54, 1.807) is 0 Å². The Morgan fingerprint density at radius 3 is 2.52 bits per heavy atom. The zero-order chi connectivity index (χ0) is 15.4. The van der Waals surface area contributed by atoms with Crippen molar-refractivity contribution in [2.75, 3.05) is 6.54 Å². The van der Waals surface area contributed by atoms with E-state index in [0.29, 0.717) is 6.04 Å². The maximum absolute atomic E-state index is 6.53. The summed E-state index contributed by atoms with van der Waals surface area (Å²) in [6.45, 7) is 10.2. The molecule has 0 aromatic heterocycles. The van der Waals surface area contributed by atoms with E-state index in [1.807, 2.05) is 0 Å². The molecule has 1 aliphatic carbocycles. The molecule has 0 radical (unpaired) electrons. The van der Waals surface area contributed by atoms with Gasteiger partial charge in [-0.2, -0.15) is 0 Å². The van der Waals surface area contributed by atoms with Crippen molar-refractivity contribution in [2.45, 2.75) is 71.5 Å². The fraction of sp³-hybridized carbons (Fsp3) is 0.684. The number of nitrogens with two attached hydrogens (primary N) is 1. The molecule has 0 amide bonds. The third-order valence-electron chi connectivity index (χ3n) is 4.60. The minimum Gasteiger partial charge on any atom is -0.326 e. The number of hydrogen-bond acceptors (Lipinski definition) is 2. The third kappa shape index (κ3) is 4.55. The highest BCUT2D eigenvalue weighted by atomic mass is 15.2. The number of benzene rings is 1. The van der Waals surface area contributed by atoms with E-state index in [1.165, 1.54) is 36.9 Å². The van der Waals surface area contributed by atoms with Crippen molar-refractivity contribution in [3.05, 3.63) is 35.4 Å². The van der Waals surface area contributed by atoms with E-state index in [9.17, 15) is 0 Å². The summed E-state index contributed by atoms with van der Waals surface area (Å²) < 4.78 is 0. The van der Waals surface area contributed by atoms with Crippen LogP contribution in [0.25, 0.3) is 0 Å². The van der Waals surface area contributed by atoms with Gasteiger partial charge in [0.05, 0.1) is 6.04 Å². The summed E-state index contributed by atoms with van der Waals surface area (Å²) >= 11 is 0. The first-order valence-corrected chi connectivity index (χ1v) is 8.60. The Morgan fingerprint density at radius 2 is 2.00 bits per heavy atom. The number of hydrogen-bond donors (Lipinski definition) is 1. The van der Waals surface area contributed by atoms with Crippen LogP contribution in [0.5, 0.6) is 0 Å². The van der Waals surface area contributed by atoms with E-state index < -0.39 is 0 Å². The monoisotopic (exact) mass is 288 g/mol. The molecule has 2 rings (SSSR count). The summed E-state index contributed by atoms with van der Waals surface area (Å²) in [6.07, 6.45) is 4.98. The first-order chi connectivity index (χ1) is 10.0. The lowest BCUT2D eigenvalue weighted by Gasteiger charge is -2.36. The van der Waals surface area contributed by atoms with Crippen molar-refractivity contribution in [1.82, 2.24) is 4.90 Å². The Kier molecular flexibility index (Phi) is 5.83. The van der Waals surface area contributed by atoms with Crippen LogP contribution in [0.15, 0.2) is 24.3 Å². The van der Waals surface area contributed by atoms with Crippen LogP contribution in [0.3, 0.4) is 0 Å². The first-order valence-electron chi connectivity index (χ1n) is 8.60. The Bertz CT molecular complexity index is 437. The van der Waals surface area contributed by atoms with Crippen LogP contribution >= 0.6 is 0 Å². The van der Waals surface area contributed by atoms with Crippen molar-refractivity contribution in [3.63, 3.8) is 0 Å². The summed E-state index contributed by atoms with van der Waals surface area (Å²) in [5, 5.41) is 0. The van der Waals surface area contributed by atoms with Gasteiger partial charge in [-0.15, -0.1) is 0 Å². The lowest BCUT2D eigenvalue weighted by atomic mass is 9.94. The van der Waals surface area contributed by atoms with Crippen LogP contribution in [-0.4, -0.2) is 23.5 Å². The molecule has 118 valence electrons. The molecule has 0 heterocycles. The van der Waals surface area contributed by atoms with Gasteiger partial charge in [0.25, 0.3) is 0 Å². The van der Waals surface area contributed by atoms with Crippen LogP contribution in [0.1, 0.15) is 63.6 Å². The summed E-state index contributed by atoms with van der Waals surface area (Å²) in [5.74, 6) is 0.752. The van der Waals surface area contributed by atoms with E-state index in [0.717, 1.165) is 18.4 Å². The average Bonchev–Trinajstić information content (AvgIpc) is 3.26. The topological polar surface area (TPSA) is 29.3 Å². The summed E-state index contributed by atoms with van der Waals surface area (Å²) in [5.41, 5.74) is 9.27. The number of rotatable bonds is 8. The van der Waals surface area contributed by atoms with E-state index in [4.69, 9.17) is 5.73 Å². The molecule has 2 atom stereocenters. The second kappa shape index (κ2) is 7.42. The lowest BCUT2D eigenvalue weighted by Crippen LogP contribution is -2.42. The fourth-order valence-electron chi connectivity index (χ4n) is 3.12. The van der Waals surface area contributed by atoms with E-state index in [2.05, 4.69) is 56.9 Å². The summed E-state index contributed by atoms with van der Waals surface area (Å²) in [6, 6.07) is 10.3. The van der Waals surface area contributed by atoms with Crippen molar-refractivity contribution >= 4 is 0 Å². The van der Waals surface area contributed by atoms with Crippen LogP contribution in [0.4, 0.5) is 0 Å². The van der Waals surface area contributed by atoms with Crippen LogP contribution in [-0.2, 0) is 0 Å². The van der Waals surface area contributed by atoms with Gasteiger partial charge in [-0.05, 0) is 50.6 Å². The molecule has 0 bridgehead atoms. The molecule has 21 heavy (non-hydrogen) atoms. The smallest absolute Gasteiger partial charge is 0.0502 e. The quantitative estimate of drug-likeness (QED) is 0.773. The summed E-state index contributed by atoms with van der Waals surface area (Å²) in [4.78, 5) is 2.70. The van der Waals surface area contributed by atoms with Gasteiger partial charge < -0.3 is 5.73 Å². The minimum atomic E-state index is 0.222. The van der Waals surface area contributed by atoms with Gasteiger partial charge in [0.1, 0.15) is 0 Å². The predicted molar refractivity (Wildman–Crippen MR) is 91.4 cm³/mol. The molecule has 1 aromatic carbocycles. The molecule has 1 fully saturated rings. The molecule has 2 unspecified atom stereocenters. The molecule has 2 heteroatoms. The largest absolute Gasteiger partial charge is 0.326 e. The number of nitrogens with zero attached hydrogens (tertiary/aromatic N) is 1. The maximum atomic E-state index is 6.53. The molecule has 0 saturated heterocycles. The molecule has 1 aliphatic rings. The van der Waals surface area contributed by atoms with Gasteiger partial charge in [0.15, 0.2) is 0 Å². The molecule has 0 aliphatic heterocycles. The predicted octanol–water partition coefficient (Wildman–Crippen LogP) is 4.28. The highest BCUT2D eigenvalue weighted by Crippen LogP contribution is 2.37. The second-order valence-electron chi connectivity index (χ2n) is 7.08. The molecular formula is C19H32N2. The first kappa shape index (κ1) is 16.5. The maximum Gasteiger partial charge on any atom is 0.0502 e. The van der Waals surface area contributed by atoms with Gasteiger partial charge >= 0.3 is 0 Å². The Morgan fingerprint density at radius 1 is 1.29 bits per heavy atom. The van der Waals surface area contributed by atoms with Gasteiger partial charge in [0, 0.05) is 12.1 Å². The van der Waals surface area contributed by atoms with Crippen molar-refractivity contribution in [3.8, 4) is 0 Å². The van der Waals surface area contributed by atoms with Crippen molar-refractivity contribution < 1.29 is 0 Å². The summed E-state index contributed by atoms with van der Waals surface area (Å²) in [7, 11) is 0. The Hall–Kier alpha value is -0.860. The van der Waals surface area contributed by atoms with Crippen LogP contribution in [0, 0.1) is 12.8 Å². The highest BCUT2D eigenvalue weighted by Gasteiger charge is 2.36. The van der Waals surface area contributed by atoms with Gasteiger partial charge in [-0.25, -0.2) is 0 Å². The highest BCUT2D eigenvalue weighted by molar-refractivity contribution is 5.27. The van der Waals surface area contributed by atoms with Gasteiger partial charge in [-0.3, -0.25) is 4.90 Å². The minimum absolute atomic E-state index is 0.222. The molecule has 2 nitrogen and oxygen atoms in total. The van der Waals surface area contributed by atoms with Gasteiger partial charge in [0.2, 0.25) is 0 Å². The number of aryl methyl sites for hydroxylation is 1. The normalized spacial score (nSPS) is 18.2. The third-order valence-corrected chi connectivity index (χ3v) is 4.60. The van der Waals surface area contributed by atoms with Crippen molar-refractivity contribution in [2.24, 2.45) is 11.7 Å². The second-order valence-corrected chi connectivity index (χ2v) is 7.08.